The minimum Gasteiger partial charge on any atom is -0.468 e. The Hall–Kier alpha value is -2.66. The Kier molecular flexibility index (Phi) is 3.75. The summed E-state index contributed by atoms with van der Waals surface area (Å²) in [5.41, 5.74) is 3.72. The minimum atomic E-state index is 0.109. The third-order valence-corrected chi connectivity index (χ3v) is 5.59. The van der Waals surface area contributed by atoms with Crippen LogP contribution < -0.4 is 4.90 Å². The third-order valence-electron chi connectivity index (χ3n) is 5.59. The van der Waals surface area contributed by atoms with Gasteiger partial charge in [-0.1, -0.05) is 6.07 Å². The fraction of sp³-hybridized carbons (Fsp3) is 0.333. The molecule has 0 amide bonds. The van der Waals surface area contributed by atoms with Gasteiger partial charge in [0.05, 0.1) is 36.4 Å². The number of aromatic nitrogens is 2. The van der Waals surface area contributed by atoms with Gasteiger partial charge in [0.2, 0.25) is 0 Å². The molecule has 0 unspecified atom stereocenters. The van der Waals surface area contributed by atoms with Crippen LogP contribution in [0.25, 0.3) is 0 Å². The zero-order valence-electron chi connectivity index (χ0n) is 14.7. The van der Waals surface area contributed by atoms with E-state index >= 15 is 0 Å². The molecule has 5 heterocycles. The van der Waals surface area contributed by atoms with E-state index in [0.717, 1.165) is 50.6 Å². The average Bonchev–Trinajstić information content (AvgIpc) is 3.39. The van der Waals surface area contributed by atoms with Crippen molar-refractivity contribution in [1.82, 2.24) is 14.9 Å². The number of furan rings is 1. The zero-order valence-corrected chi connectivity index (χ0v) is 14.7. The first kappa shape index (κ1) is 15.6. The lowest BCUT2D eigenvalue weighted by atomic mass is 9.85. The predicted molar refractivity (Wildman–Crippen MR) is 99.8 cm³/mol. The summed E-state index contributed by atoms with van der Waals surface area (Å²) in [5, 5.41) is 0. The quantitative estimate of drug-likeness (QED) is 0.726. The monoisotopic (exact) mass is 346 g/mol. The van der Waals surface area contributed by atoms with Gasteiger partial charge in [0, 0.05) is 30.9 Å². The van der Waals surface area contributed by atoms with Gasteiger partial charge in [0.1, 0.15) is 5.76 Å². The molecule has 1 saturated heterocycles. The molecule has 0 aromatic carbocycles. The van der Waals surface area contributed by atoms with Crippen LogP contribution in [0.2, 0.25) is 0 Å². The van der Waals surface area contributed by atoms with Crippen molar-refractivity contribution in [3.63, 3.8) is 0 Å². The smallest absolute Gasteiger partial charge is 0.117 e. The molecule has 1 fully saturated rings. The van der Waals surface area contributed by atoms with Crippen LogP contribution in [-0.4, -0.2) is 34.5 Å². The van der Waals surface area contributed by atoms with Gasteiger partial charge in [-0.25, -0.2) is 0 Å². The van der Waals surface area contributed by atoms with E-state index in [1.807, 2.05) is 30.6 Å². The summed E-state index contributed by atoms with van der Waals surface area (Å²) < 4.78 is 5.54. The number of hydrogen-bond acceptors (Lipinski definition) is 5. The van der Waals surface area contributed by atoms with Crippen LogP contribution in [0, 0.1) is 0 Å². The number of pyridine rings is 2. The Morgan fingerprint density at radius 1 is 0.962 bits per heavy atom. The van der Waals surface area contributed by atoms with Crippen LogP contribution in [0.1, 0.15) is 23.6 Å². The fourth-order valence-electron chi connectivity index (χ4n) is 4.45. The fourth-order valence-corrected chi connectivity index (χ4v) is 4.45. The van der Waals surface area contributed by atoms with Gasteiger partial charge >= 0.3 is 0 Å². The second-order valence-electron chi connectivity index (χ2n) is 7.37. The van der Waals surface area contributed by atoms with Crippen LogP contribution in [0.3, 0.4) is 0 Å². The molecule has 2 aliphatic rings. The summed E-state index contributed by atoms with van der Waals surface area (Å²) in [7, 11) is 0. The van der Waals surface area contributed by atoms with E-state index in [0.29, 0.717) is 0 Å². The Bertz CT molecular complexity index is 880. The maximum atomic E-state index is 5.54. The van der Waals surface area contributed by atoms with Crippen LogP contribution in [-0.2, 0) is 18.5 Å². The molecule has 0 saturated carbocycles. The van der Waals surface area contributed by atoms with Crippen molar-refractivity contribution < 1.29 is 4.42 Å². The molecule has 3 aromatic heterocycles. The second-order valence-corrected chi connectivity index (χ2v) is 7.37. The number of hydrogen-bond donors (Lipinski definition) is 0. The molecule has 0 bridgehead atoms. The first-order chi connectivity index (χ1) is 12.8. The highest BCUT2D eigenvalue weighted by Gasteiger charge is 2.48. The van der Waals surface area contributed by atoms with E-state index < -0.39 is 0 Å². The summed E-state index contributed by atoms with van der Waals surface area (Å²) in [6, 6.07) is 14.4. The van der Waals surface area contributed by atoms with Gasteiger partial charge in [0.15, 0.2) is 0 Å². The lowest BCUT2D eigenvalue weighted by Crippen LogP contribution is -2.36. The van der Waals surface area contributed by atoms with Gasteiger partial charge in [-0.3, -0.25) is 14.9 Å². The Morgan fingerprint density at radius 3 is 2.77 bits per heavy atom. The maximum absolute atomic E-state index is 5.54. The molecule has 0 radical (unpaired) electrons. The predicted octanol–water partition coefficient (Wildman–Crippen LogP) is 3.23. The van der Waals surface area contributed by atoms with Crippen LogP contribution in [0.5, 0.6) is 0 Å². The average molecular weight is 346 g/mol. The number of nitrogens with zero attached hydrogens (tertiary/aromatic N) is 4. The summed E-state index contributed by atoms with van der Waals surface area (Å²) in [5.74, 6) is 1.03. The standard InChI is InChI=1S/C21H22N4O/c1-2-9-22-17(5-1)13-25-16-21(20-19(25)7-3-10-23-20)8-11-24(15-21)14-18-6-4-12-26-18/h1-7,9-10,12H,8,11,13-16H2/t21-/m1/s1. The highest BCUT2D eigenvalue weighted by atomic mass is 16.3. The van der Waals surface area contributed by atoms with Crippen LogP contribution in [0.15, 0.2) is 65.5 Å². The van der Waals surface area contributed by atoms with Crippen LogP contribution >= 0.6 is 0 Å². The van der Waals surface area contributed by atoms with Gasteiger partial charge in [-0.2, -0.15) is 0 Å². The van der Waals surface area contributed by atoms with Crippen molar-refractivity contribution in [3.8, 4) is 0 Å². The Balaban J connectivity index is 1.40. The van der Waals surface area contributed by atoms with E-state index in [4.69, 9.17) is 9.40 Å². The molecule has 132 valence electrons. The van der Waals surface area contributed by atoms with Gasteiger partial charge in [-0.05, 0) is 49.4 Å². The summed E-state index contributed by atoms with van der Waals surface area (Å²) in [6.07, 6.45) is 6.69. The van der Waals surface area contributed by atoms with Crippen molar-refractivity contribution in [1.29, 1.82) is 0 Å². The molecule has 5 rings (SSSR count). The topological polar surface area (TPSA) is 45.4 Å². The first-order valence-electron chi connectivity index (χ1n) is 9.18. The number of rotatable bonds is 4. The van der Waals surface area contributed by atoms with E-state index in [9.17, 15) is 0 Å². The second kappa shape index (κ2) is 6.25. The number of fused-ring (bicyclic) bond motifs is 2. The van der Waals surface area contributed by atoms with E-state index in [1.54, 1.807) is 6.26 Å². The molecule has 0 aliphatic carbocycles. The SMILES string of the molecule is c1ccc(CN2C[C@]3(CCN(Cc4ccco4)C3)c3ncccc32)nc1. The van der Waals surface area contributed by atoms with E-state index in [-0.39, 0.29) is 5.41 Å². The van der Waals surface area contributed by atoms with Crippen LogP contribution in [0.4, 0.5) is 5.69 Å². The minimum absolute atomic E-state index is 0.109. The summed E-state index contributed by atoms with van der Waals surface area (Å²) in [4.78, 5) is 14.2. The normalized spacial score (nSPS) is 22.2. The van der Waals surface area contributed by atoms with Crippen molar-refractivity contribution >= 4 is 5.69 Å². The molecule has 3 aromatic rings. The molecule has 0 N–H and O–H groups in total. The molecule has 5 nitrogen and oxygen atoms in total. The van der Waals surface area contributed by atoms with Crippen molar-refractivity contribution in [3.05, 3.63) is 78.3 Å². The maximum Gasteiger partial charge on any atom is 0.117 e. The molecule has 5 heteroatoms. The molecule has 1 atom stereocenters. The Morgan fingerprint density at radius 2 is 1.92 bits per heavy atom. The molecule has 2 aliphatic heterocycles. The largest absolute Gasteiger partial charge is 0.468 e. The lowest BCUT2D eigenvalue weighted by molar-refractivity contribution is 0.278. The summed E-state index contributed by atoms with van der Waals surface area (Å²) >= 11 is 0. The summed E-state index contributed by atoms with van der Waals surface area (Å²) in [6.45, 7) is 4.81. The molecule has 26 heavy (non-hydrogen) atoms. The number of anilines is 1. The number of likely N-dealkylation sites (tertiary alicyclic amines) is 1. The van der Waals surface area contributed by atoms with Crippen molar-refractivity contribution in [2.24, 2.45) is 0 Å². The highest BCUT2D eigenvalue weighted by Crippen LogP contribution is 2.45. The lowest BCUT2D eigenvalue weighted by Gasteiger charge is -2.25. The first-order valence-corrected chi connectivity index (χ1v) is 9.18. The van der Waals surface area contributed by atoms with Gasteiger partial charge in [0.25, 0.3) is 0 Å². The highest BCUT2D eigenvalue weighted by molar-refractivity contribution is 5.60. The molecule has 1 spiro atoms. The molecular weight excluding hydrogens is 324 g/mol. The van der Waals surface area contributed by atoms with E-state index in [1.165, 1.54) is 11.4 Å². The third kappa shape index (κ3) is 2.69. The van der Waals surface area contributed by atoms with E-state index in [2.05, 4.69) is 39.0 Å². The zero-order chi connectivity index (χ0) is 17.4. The molecular formula is C21H22N4O. The van der Waals surface area contributed by atoms with Gasteiger partial charge < -0.3 is 9.32 Å². The van der Waals surface area contributed by atoms with Crippen molar-refractivity contribution in [2.75, 3.05) is 24.5 Å². The van der Waals surface area contributed by atoms with Crippen molar-refractivity contribution in [2.45, 2.75) is 24.9 Å². The van der Waals surface area contributed by atoms with Gasteiger partial charge in [-0.15, -0.1) is 0 Å². The Labute approximate surface area is 153 Å².